The van der Waals surface area contributed by atoms with Gasteiger partial charge < -0.3 is 5.32 Å². The Morgan fingerprint density at radius 1 is 1.46 bits per heavy atom. The second-order valence-electron chi connectivity index (χ2n) is 6.81. The normalized spacial score (nSPS) is 14.1. The van der Waals surface area contributed by atoms with Crippen molar-refractivity contribution in [1.82, 2.24) is 4.90 Å². The van der Waals surface area contributed by atoms with Gasteiger partial charge >= 0.3 is 0 Å². The van der Waals surface area contributed by atoms with E-state index in [2.05, 4.69) is 30.1 Å². The molecular formula is C20H20N4O3S. The molecule has 1 N–H and O–H groups in total. The van der Waals surface area contributed by atoms with Crippen LogP contribution in [0.5, 0.6) is 0 Å². The summed E-state index contributed by atoms with van der Waals surface area (Å²) in [6.45, 7) is 5.97. The van der Waals surface area contributed by atoms with Gasteiger partial charge in [0.15, 0.2) is 0 Å². The average Bonchev–Trinajstić information content (AvgIpc) is 3.02. The highest BCUT2D eigenvalue weighted by Crippen LogP contribution is 2.37. The van der Waals surface area contributed by atoms with E-state index in [0.29, 0.717) is 22.2 Å². The zero-order chi connectivity index (χ0) is 20.3. The van der Waals surface area contributed by atoms with Crippen LogP contribution < -0.4 is 5.32 Å². The van der Waals surface area contributed by atoms with E-state index >= 15 is 0 Å². The number of nitrogens with zero attached hydrogens (tertiary/aromatic N) is 3. The van der Waals surface area contributed by atoms with Gasteiger partial charge in [0.05, 0.1) is 10.5 Å². The summed E-state index contributed by atoms with van der Waals surface area (Å²) in [4.78, 5) is 26.1. The number of hydrogen-bond acceptors (Lipinski definition) is 6. The van der Waals surface area contributed by atoms with E-state index in [4.69, 9.17) is 0 Å². The largest absolute Gasteiger partial charge is 0.313 e. The lowest BCUT2D eigenvalue weighted by Gasteiger charge is -2.30. The van der Waals surface area contributed by atoms with E-state index in [1.807, 2.05) is 0 Å². The topological polar surface area (TPSA) is 99.3 Å². The number of fused-ring (bicyclic) bond motifs is 1. The molecule has 28 heavy (non-hydrogen) atoms. The predicted molar refractivity (Wildman–Crippen MR) is 109 cm³/mol. The molecule has 0 saturated carbocycles. The molecule has 1 aliphatic rings. The van der Waals surface area contributed by atoms with Gasteiger partial charge in [-0.25, -0.2) is 0 Å². The molecule has 0 radical (unpaired) electrons. The summed E-state index contributed by atoms with van der Waals surface area (Å²) in [5.41, 5.74) is 2.10. The van der Waals surface area contributed by atoms with Gasteiger partial charge in [0.1, 0.15) is 11.1 Å². The van der Waals surface area contributed by atoms with Gasteiger partial charge in [-0.05, 0) is 37.5 Å². The third-order valence-electron chi connectivity index (χ3n) is 4.67. The van der Waals surface area contributed by atoms with E-state index in [9.17, 15) is 20.2 Å². The molecule has 0 atom stereocenters. The molecule has 0 spiro atoms. The predicted octanol–water partition coefficient (Wildman–Crippen LogP) is 3.95. The molecule has 0 unspecified atom stereocenters. The summed E-state index contributed by atoms with van der Waals surface area (Å²) in [5, 5.41) is 23.7. The van der Waals surface area contributed by atoms with Gasteiger partial charge in [0.25, 0.3) is 5.69 Å². The lowest BCUT2D eigenvalue weighted by atomic mass is 10.0. The minimum atomic E-state index is -0.479. The fraction of sp³-hybridized carbons (Fsp3) is 0.300. The van der Waals surface area contributed by atoms with Gasteiger partial charge in [0, 0.05) is 42.2 Å². The molecule has 7 nitrogen and oxygen atoms in total. The van der Waals surface area contributed by atoms with Crippen molar-refractivity contribution in [3.8, 4) is 6.07 Å². The average molecular weight is 396 g/mol. The van der Waals surface area contributed by atoms with Gasteiger partial charge in [0.2, 0.25) is 5.91 Å². The van der Waals surface area contributed by atoms with Crippen molar-refractivity contribution < 1.29 is 9.72 Å². The van der Waals surface area contributed by atoms with Crippen LogP contribution in [-0.2, 0) is 17.8 Å². The molecule has 8 heteroatoms. The number of thiophene rings is 1. The summed E-state index contributed by atoms with van der Waals surface area (Å²) in [6.07, 6.45) is 3.63. The Kier molecular flexibility index (Phi) is 5.87. The number of nitro benzene ring substituents is 1. The highest BCUT2D eigenvalue weighted by molar-refractivity contribution is 7.16. The number of amides is 1. The van der Waals surface area contributed by atoms with Crippen LogP contribution >= 0.6 is 11.3 Å². The molecule has 1 aliphatic heterocycles. The summed E-state index contributed by atoms with van der Waals surface area (Å²) in [6, 6.07) is 8.70. The minimum Gasteiger partial charge on any atom is -0.313 e. The number of rotatable bonds is 5. The number of anilines is 1. The van der Waals surface area contributed by atoms with Crippen LogP contribution in [0.2, 0.25) is 0 Å². The SMILES string of the molecule is CC(C)N1CCc2c(sc(NC(=O)/C=C\c3cccc([N+](=O)[O-])c3)c2C#N)C1. The standard InChI is InChI=1S/C20H20N4O3S/c1-13(2)23-9-8-16-17(11-21)20(28-18(16)12-23)22-19(25)7-6-14-4-3-5-15(10-14)24(26)27/h3-7,10,13H,8-9,12H2,1-2H3,(H,22,25)/b7-6-. The molecule has 2 aromatic rings. The molecule has 1 aromatic heterocycles. The van der Waals surface area contributed by atoms with Crippen LogP contribution in [0, 0.1) is 21.4 Å². The zero-order valence-corrected chi connectivity index (χ0v) is 16.5. The Labute approximate surface area is 167 Å². The second kappa shape index (κ2) is 8.33. The van der Waals surface area contributed by atoms with Gasteiger partial charge in [-0.2, -0.15) is 5.26 Å². The van der Waals surface area contributed by atoms with Gasteiger partial charge in [-0.3, -0.25) is 19.8 Å². The van der Waals surface area contributed by atoms with Crippen molar-refractivity contribution in [2.75, 3.05) is 11.9 Å². The Morgan fingerprint density at radius 3 is 2.93 bits per heavy atom. The summed E-state index contributed by atoms with van der Waals surface area (Å²) in [5.74, 6) is -0.373. The van der Waals surface area contributed by atoms with E-state index in [1.165, 1.54) is 35.6 Å². The minimum absolute atomic E-state index is 0.0324. The number of hydrogen-bond donors (Lipinski definition) is 1. The maximum Gasteiger partial charge on any atom is 0.270 e. The molecule has 1 aromatic carbocycles. The number of nitro groups is 1. The first-order chi connectivity index (χ1) is 13.4. The molecule has 0 bridgehead atoms. The number of nitriles is 1. The van der Waals surface area contributed by atoms with Gasteiger partial charge in [-0.15, -0.1) is 11.3 Å². The first kappa shape index (κ1) is 19.7. The third kappa shape index (κ3) is 4.27. The maximum absolute atomic E-state index is 12.3. The highest BCUT2D eigenvalue weighted by Gasteiger charge is 2.26. The van der Waals surface area contributed by atoms with Crippen molar-refractivity contribution in [2.24, 2.45) is 0 Å². The highest BCUT2D eigenvalue weighted by atomic mass is 32.1. The number of nitrogens with one attached hydrogen (secondary N) is 1. The second-order valence-corrected chi connectivity index (χ2v) is 7.91. The Hall–Kier alpha value is -3.02. The first-order valence-corrected chi connectivity index (χ1v) is 9.73. The lowest BCUT2D eigenvalue weighted by Crippen LogP contribution is -2.35. The van der Waals surface area contributed by atoms with Crippen molar-refractivity contribution in [2.45, 2.75) is 32.9 Å². The van der Waals surface area contributed by atoms with Crippen molar-refractivity contribution in [1.29, 1.82) is 5.26 Å². The molecule has 0 aliphatic carbocycles. The zero-order valence-electron chi connectivity index (χ0n) is 15.6. The molecule has 144 valence electrons. The molecule has 2 heterocycles. The van der Waals surface area contributed by atoms with Crippen molar-refractivity contribution >= 4 is 34.0 Å². The first-order valence-electron chi connectivity index (χ1n) is 8.91. The van der Waals surface area contributed by atoms with E-state index < -0.39 is 4.92 Å². The number of non-ortho nitro benzene ring substituents is 1. The van der Waals surface area contributed by atoms with E-state index in [-0.39, 0.29) is 11.6 Å². The molecular weight excluding hydrogens is 376 g/mol. The fourth-order valence-corrected chi connectivity index (χ4v) is 4.36. The summed E-state index contributed by atoms with van der Waals surface area (Å²) >= 11 is 1.44. The van der Waals surface area contributed by atoms with Gasteiger partial charge in [-0.1, -0.05) is 12.1 Å². The van der Waals surface area contributed by atoms with Crippen LogP contribution in [0.25, 0.3) is 6.08 Å². The lowest BCUT2D eigenvalue weighted by molar-refractivity contribution is -0.384. The summed E-state index contributed by atoms with van der Waals surface area (Å²) < 4.78 is 0. The molecule has 0 fully saturated rings. The quantitative estimate of drug-likeness (QED) is 0.469. The molecule has 0 saturated heterocycles. The van der Waals surface area contributed by atoms with Crippen LogP contribution in [0.1, 0.15) is 35.4 Å². The third-order valence-corrected chi connectivity index (χ3v) is 5.81. The maximum atomic E-state index is 12.3. The van der Waals surface area contributed by atoms with Crippen LogP contribution in [0.3, 0.4) is 0 Å². The fourth-order valence-electron chi connectivity index (χ4n) is 3.14. The number of carbonyl (C=O) groups excluding carboxylic acids is 1. The Bertz CT molecular complexity index is 988. The molecule has 1 amide bonds. The van der Waals surface area contributed by atoms with E-state index in [0.717, 1.165) is 30.0 Å². The Morgan fingerprint density at radius 2 is 2.25 bits per heavy atom. The molecule has 3 rings (SSSR count). The van der Waals surface area contributed by atoms with E-state index in [1.54, 1.807) is 12.1 Å². The summed E-state index contributed by atoms with van der Waals surface area (Å²) in [7, 11) is 0. The monoisotopic (exact) mass is 396 g/mol. The smallest absolute Gasteiger partial charge is 0.270 e. The van der Waals surface area contributed by atoms with Crippen molar-refractivity contribution in [3.05, 3.63) is 62.0 Å². The van der Waals surface area contributed by atoms with Crippen LogP contribution in [-0.4, -0.2) is 28.3 Å². The van der Waals surface area contributed by atoms with Crippen LogP contribution in [0.15, 0.2) is 30.3 Å². The Balaban J connectivity index is 1.75. The number of carbonyl (C=O) groups is 1. The number of benzene rings is 1. The van der Waals surface area contributed by atoms with Crippen molar-refractivity contribution in [3.63, 3.8) is 0 Å². The van der Waals surface area contributed by atoms with Crippen LogP contribution in [0.4, 0.5) is 10.7 Å².